The minimum absolute atomic E-state index is 0.0494. The van der Waals surface area contributed by atoms with Crippen molar-refractivity contribution in [2.24, 2.45) is 0 Å². The number of methoxy groups -OCH3 is 1. The minimum atomic E-state index is 0.0494. The Morgan fingerprint density at radius 2 is 1.69 bits per heavy atom. The van der Waals surface area contributed by atoms with Gasteiger partial charge < -0.3 is 4.74 Å². The normalized spacial score (nSPS) is 20.8. The predicted octanol–water partition coefficient (Wildman–Crippen LogP) is 3.72. The SMILES string of the molecule is CCC(C)(CC(C)(CC)SC)OC. The first-order chi connectivity index (χ1) is 5.95. The first-order valence-electron chi connectivity index (χ1n) is 5.05. The Hall–Kier alpha value is 0.310. The van der Waals surface area contributed by atoms with E-state index in [2.05, 4.69) is 34.0 Å². The van der Waals surface area contributed by atoms with Crippen LogP contribution in [0.3, 0.4) is 0 Å². The molecule has 1 nitrogen and oxygen atoms in total. The van der Waals surface area contributed by atoms with E-state index in [4.69, 9.17) is 4.74 Å². The van der Waals surface area contributed by atoms with Crippen LogP contribution in [0.1, 0.15) is 47.0 Å². The van der Waals surface area contributed by atoms with E-state index >= 15 is 0 Å². The molecule has 2 heteroatoms. The molecular formula is C11H24OS. The Labute approximate surface area is 87.6 Å². The van der Waals surface area contributed by atoms with Crippen LogP contribution in [0, 0.1) is 0 Å². The number of rotatable bonds is 6. The maximum absolute atomic E-state index is 5.57. The standard InChI is InChI=1S/C11H24OS/c1-7-10(3,12-5)9-11(4,8-2)13-6/h7-9H2,1-6H3. The summed E-state index contributed by atoms with van der Waals surface area (Å²) in [5.41, 5.74) is 0.0494. The third-order valence-corrected chi connectivity index (χ3v) is 4.65. The van der Waals surface area contributed by atoms with Gasteiger partial charge in [-0.2, -0.15) is 11.8 Å². The van der Waals surface area contributed by atoms with E-state index in [-0.39, 0.29) is 5.60 Å². The molecule has 0 spiro atoms. The third kappa shape index (κ3) is 3.90. The molecule has 0 rings (SSSR count). The van der Waals surface area contributed by atoms with Gasteiger partial charge in [0.2, 0.25) is 0 Å². The molecule has 80 valence electrons. The van der Waals surface area contributed by atoms with Crippen molar-refractivity contribution in [3.8, 4) is 0 Å². The third-order valence-electron chi connectivity index (χ3n) is 3.23. The lowest BCUT2D eigenvalue weighted by Gasteiger charge is -2.36. The summed E-state index contributed by atoms with van der Waals surface area (Å²) in [6.07, 6.45) is 5.60. The van der Waals surface area contributed by atoms with E-state index < -0.39 is 0 Å². The summed E-state index contributed by atoms with van der Waals surface area (Å²) in [7, 11) is 1.82. The van der Waals surface area contributed by atoms with Crippen molar-refractivity contribution in [1.29, 1.82) is 0 Å². The summed E-state index contributed by atoms with van der Waals surface area (Å²) < 4.78 is 5.93. The fourth-order valence-corrected chi connectivity index (χ4v) is 2.21. The summed E-state index contributed by atoms with van der Waals surface area (Å²) in [5.74, 6) is 0. The molecule has 0 saturated carbocycles. The summed E-state index contributed by atoms with van der Waals surface area (Å²) >= 11 is 1.95. The Morgan fingerprint density at radius 1 is 1.15 bits per heavy atom. The maximum Gasteiger partial charge on any atom is 0.0661 e. The van der Waals surface area contributed by atoms with Crippen molar-refractivity contribution in [3.63, 3.8) is 0 Å². The fraction of sp³-hybridized carbons (Fsp3) is 1.00. The topological polar surface area (TPSA) is 9.23 Å². The van der Waals surface area contributed by atoms with Crippen LogP contribution in [0.4, 0.5) is 0 Å². The van der Waals surface area contributed by atoms with Crippen LogP contribution >= 0.6 is 11.8 Å². The zero-order chi connectivity index (χ0) is 10.5. The van der Waals surface area contributed by atoms with Gasteiger partial charge in [0, 0.05) is 11.9 Å². The van der Waals surface area contributed by atoms with Crippen LogP contribution in [0.25, 0.3) is 0 Å². The average molecular weight is 204 g/mol. The van der Waals surface area contributed by atoms with Gasteiger partial charge in [0.25, 0.3) is 0 Å². The van der Waals surface area contributed by atoms with Crippen molar-refractivity contribution in [2.45, 2.75) is 57.3 Å². The lowest BCUT2D eigenvalue weighted by molar-refractivity contribution is -0.0115. The van der Waals surface area contributed by atoms with Crippen molar-refractivity contribution in [2.75, 3.05) is 13.4 Å². The molecule has 0 aromatic heterocycles. The molecule has 0 N–H and O–H groups in total. The molecule has 0 saturated heterocycles. The van der Waals surface area contributed by atoms with Gasteiger partial charge in [-0.05, 0) is 32.4 Å². The van der Waals surface area contributed by atoms with Crippen LogP contribution in [0.15, 0.2) is 0 Å². The highest BCUT2D eigenvalue weighted by molar-refractivity contribution is 7.99. The average Bonchev–Trinajstić information content (AvgIpc) is 2.17. The molecule has 0 aliphatic heterocycles. The van der Waals surface area contributed by atoms with Gasteiger partial charge in [-0.3, -0.25) is 0 Å². The Balaban J connectivity index is 4.36. The number of ether oxygens (including phenoxy) is 1. The molecule has 0 aromatic rings. The Morgan fingerprint density at radius 3 is 1.92 bits per heavy atom. The lowest BCUT2D eigenvalue weighted by Crippen LogP contribution is -2.36. The number of hydrogen-bond donors (Lipinski definition) is 0. The fourth-order valence-electron chi connectivity index (χ4n) is 1.47. The van der Waals surface area contributed by atoms with E-state index in [1.165, 1.54) is 6.42 Å². The van der Waals surface area contributed by atoms with Gasteiger partial charge >= 0.3 is 0 Å². The zero-order valence-electron chi connectivity index (χ0n) is 9.94. The monoisotopic (exact) mass is 204 g/mol. The lowest BCUT2D eigenvalue weighted by atomic mass is 9.88. The van der Waals surface area contributed by atoms with Crippen LogP contribution < -0.4 is 0 Å². The van der Waals surface area contributed by atoms with E-state index in [0.29, 0.717) is 4.75 Å². The second-order valence-electron chi connectivity index (χ2n) is 4.19. The molecule has 2 atom stereocenters. The number of thioether (sulfide) groups is 1. The van der Waals surface area contributed by atoms with E-state index in [1.54, 1.807) is 0 Å². The van der Waals surface area contributed by atoms with E-state index in [1.807, 2.05) is 18.9 Å². The van der Waals surface area contributed by atoms with Crippen LogP contribution in [0.2, 0.25) is 0 Å². The van der Waals surface area contributed by atoms with Crippen LogP contribution in [-0.4, -0.2) is 23.7 Å². The van der Waals surface area contributed by atoms with E-state index in [0.717, 1.165) is 12.8 Å². The summed E-state index contributed by atoms with van der Waals surface area (Å²) in [5, 5.41) is 0. The molecule has 0 fully saturated rings. The number of hydrogen-bond acceptors (Lipinski definition) is 2. The molecule has 13 heavy (non-hydrogen) atoms. The zero-order valence-corrected chi connectivity index (χ0v) is 10.8. The Bertz CT molecular complexity index is 121. The molecule has 0 heterocycles. The van der Waals surface area contributed by atoms with Gasteiger partial charge in [0.15, 0.2) is 0 Å². The first kappa shape index (κ1) is 13.3. The van der Waals surface area contributed by atoms with Gasteiger partial charge in [-0.25, -0.2) is 0 Å². The molecule has 0 aromatic carbocycles. The quantitative estimate of drug-likeness (QED) is 0.652. The van der Waals surface area contributed by atoms with E-state index in [9.17, 15) is 0 Å². The van der Waals surface area contributed by atoms with Gasteiger partial charge in [0.05, 0.1) is 5.60 Å². The highest BCUT2D eigenvalue weighted by atomic mass is 32.2. The second-order valence-corrected chi connectivity index (χ2v) is 5.59. The molecule has 2 unspecified atom stereocenters. The first-order valence-corrected chi connectivity index (χ1v) is 6.28. The predicted molar refractivity (Wildman–Crippen MR) is 62.5 cm³/mol. The second kappa shape index (κ2) is 5.26. The van der Waals surface area contributed by atoms with Gasteiger partial charge in [0.1, 0.15) is 0 Å². The molecule has 0 radical (unpaired) electrons. The van der Waals surface area contributed by atoms with Crippen molar-refractivity contribution < 1.29 is 4.74 Å². The summed E-state index contributed by atoms with van der Waals surface area (Å²) in [4.78, 5) is 0. The highest BCUT2D eigenvalue weighted by Crippen LogP contribution is 2.37. The molecule has 0 bridgehead atoms. The van der Waals surface area contributed by atoms with Crippen molar-refractivity contribution in [1.82, 2.24) is 0 Å². The molecular weight excluding hydrogens is 180 g/mol. The smallest absolute Gasteiger partial charge is 0.0661 e. The Kier molecular flexibility index (Phi) is 5.38. The van der Waals surface area contributed by atoms with Gasteiger partial charge in [-0.15, -0.1) is 0 Å². The van der Waals surface area contributed by atoms with Crippen molar-refractivity contribution in [3.05, 3.63) is 0 Å². The summed E-state index contributed by atoms with van der Waals surface area (Å²) in [6, 6.07) is 0. The van der Waals surface area contributed by atoms with Gasteiger partial charge in [-0.1, -0.05) is 20.8 Å². The van der Waals surface area contributed by atoms with Crippen LogP contribution in [0.5, 0.6) is 0 Å². The maximum atomic E-state index is 5.57. The highest BCUT2D eigenvalue weighted by Gasteiger charge is 2.32. The van der Waals surface area contributed by atoms with Crippen molar-refractivity contribution >= 4 is 11.8 Å². The summed E-state index contributed by atoms with van der Waals surface area (Å²) in [6.45, 7) is 8.98. The largest absolute Gasteiger partial charge is 0.378 e. The van der Waals surface area contributed by atoms with Crippen LogP contribution in [-0.2, 0) is 4.74 Å². The molecule has 0 amide bonds. The molecule has 0 aliphatic carbocycles. The molecule has 0 aliphatic rings. The minimum Gasteiger partial charge on any atom is -0.378 e.